The van der Waals surface area contributed by atoms with Crippen LogP contribution in [0.25, 0.3) is 5.82 Å². The summed E-state index contributed by atoms with van der Waals surface area (Å²) in [6.45, 7) is 1.18. The number of benzene rings is 2. The summed E-state index contributed by atoms with van der Waals surface area (Å²) in [4.78, 5) is 27.0. The maximum atomic E-state index is 12.6. The average Bonchev–Trinajstić information content (AvgIpc) is 3.30. The first-order valence-corrected chi connectivity index (χ1v) is 9.80. The molecular formula is C22H19N7O2. The number of rotatable bonds is 6. The van der Waals surface area contributed by atoms with Gasteiger partial charge in [0.25, 0.3) is 0 Å². The Bertz CT molecular complexity index is 1160. The van der Waals surface area contributed by atoms with Gasteiger partial charge in [0.15, 0.2) is 5.82 Å². The molecule has 2 aromatic carbocycles. The van der Waals surface area contributed by atoms with Gasteiger partial charge in [0.05, 0.1) is 5.92 Å². The van der Waals surface area contributed by atoms with Crippen LogP contribution in [0.3, 0.4) is 0 Å². The zero-order valence-electron chi connectivity index (χ0n) is 16.5. The van der Waals surface area contributed by atoms with Gasteiger partial charge in [-0.3, -0.25) is 4.79 Å². The van der Waals surface area contributed by atoms with Crippen molar-refractivity contribution in [2.75, 3.05) is 23.3 Å². The van der Waals surface area contributed by atoms with Gasteiger partial charge in [-0.05, 0) is 36.4 Å². The van der Waals surface area contributed by atoms with Crippen LogP contribution in [0.1, 0.15) is 0 Å². The minimum Gasteiger partial charge on any atom is -0.457 e. The van der Waals surface area contributed by atoms with Crippen molar-refractivity contribution in [3.63, 3.8) is 0 Å². The van der Waals surface area contributed by atoms with Crippen LogP contribution in [-0.2, 0) is 4.79 Å². The van der Waals surface area contributed by atoms with E-state index in [1.54, 1.807) is 11.0 Å². The predicted molar refractivity (Wildman–Crippen MR) is 114 cm³/mol. The normalized spacial score (nSPS) is 13.5. The second-order valence-corrected chi connectivity index (χ2v) is 7.11. The number of para-hydroxylation sites is 1. The Morgan fingerprint density at radius 3 is 2.42 bits per heavy atom. The summed E-state index contributed by atoms with van der Waals surface area (Å²) in [6.07, 6.45) is 4.51. The molecule has 1 aliphatic heterocycles. The van der Waals surface area contributed by atoms with Crippen molar-refractivity contribution < 1.29 is 9.53 Å². The lowest BCUT2D eigenvalue weighted by atomic mass is 9.99. The molecule has 1 aliphatic rings. The fraction of sp³-hybridized carbons (Fsp3) is 0.136. The van der Waals surface area contributed by atoms with Crippen LogP contribution in [0.15, 0.2) is 79.6 Å². The topological polar surface area (TPSA) is 98.1 Å². The highest BCUT2D eigenvalue weighted by molar-refractivity contribution is 5.94. The number of hydrogen-bond donors (Lipinski definition) is 1. The van der Waals surface area contributed by atoms with Gasteiger partial charge in [0, 0.05) is 24.8 Å². The smallest absolute Gasteiger partial charge is 0.231 e. The first-order valence-electron chi connectivity index (χ1n) is 9.80. The summed E-state index contributed by atoms with van der Waals surface area (Å²) in [5, 5.41) is 7.04. The molecule has 4 aromatic rings. The summed E-state index contributed by atoms with van der Waals surface area (Å²) in [7, 11) is 0. The first-order chi connectivity index (χ1) is 15.2. The van der Waals surface area contributed by atoms with E-state index < -0.39 is 0 Å². The van der Waals surface area contributed by atoms with Gasteiger partial charge in [0.1, 0.15) is 36.3 Å². The van der Waals surface area contributed by atoms with Gasteiger partial charge in [0.2, 0.25) is 5.91 Å². The van der Waals surface area contributed by atoms with Crippen LogP contribution in [-0.4, -0.2) is 43.7 Å². The molecule has 3 heterocycles. The fourth-order valence-electron chi connectivity index (χ4n) is 3.27. The summed E-state index contributed by atoms with van der Waals surface area (Å²) < 4.78 is 7.35. The third-order valence-corrected chi connectivity index (χ3v) is 4.97. The molecule has 9 nitrogen and oxygen atoms in total. The molecule has 1 saturated heterocycles. The number of carbonyl (C=O) groups is 1. The number of aromatic nitrogens is 5. The summed E-state index contributed by atoms with van der Waals surface area (Å²) >= 11 is 0. The van der Waals surface area contributed by atoms with Crippen molar-refractivity contribution in [2.24, 2.45) is 5.92 Å². The Kier molecular flexibility index (Phi) is 4.97. The van der Waals surface area contributed by atoms with E-state index in [-0.39, 0.29) is 11.8 Å². The minimum atomic E-state index is -0.106. The third kappa shape index (κ3) is 4.20. The molecule has 0 saturated carbocycles. The van der Waals surface area contributed by atoms with Crippen molar-refractivity contribution in [3.05, 3.63) is 79.6 Å². The van der Waals surface area contributed by atoms with Crippen molar-refractivity contribution in [1.82, 2.24) is 24.7 Å². The second-order valence-electron chi connectivity index (χ2n) is 7.11. The summed E-state index contributed by atoms with van der Waals surface area (Å²) in [5.41, 5.74) is 0.736. The van der Waals surface area contributed by atoms with E-state index in [0.29, 0.717) is 24.7 Å². The molecule has 0 bridgehead atoms. The Labute approximate surface area is 178 Å². The number of anilines is 2. The van der Waals surface area contributed by atoms with Gasteiger partial charge in [-0.15, -0.1) is 0 Å². The van der Waals surface area contributed by atoms with Crippen molar-refractivity contribution in [1.29, 1.82) is 0 Å². The molecule has 154 valence electrons. The quantitative estimate of drug-likeness (QED) is 0.519. The highest BCUT2D eigenvalue weighted by atomic mass is 16.5. The minimum absolute atomic E-state index is 0.0152. The van der Waals surface area contributed by atoms with Gasteiger partial charge in [-0.25, -0.2) is 19.6 Å². The van der Waals surface area contributed by atoms with Crippen molar-refractivity contribution in [3.8, 4) is 17.3 Å². The Balaban J connectivity index is 1.15. The molecule has 1 amide bonds. The number of carbonyl (C=O) groups excluding carboxylic acids is 1. The predicted octanol–water partition coefficient (Wildman–Crippen LogP) is 2.92. The Morgan fingerprint density at radius 1 is 0.935 bits per heavy atom. The number of hydrogen-bond acceptors (Lipinski definition) is 7. The molecule has 5 rings (SSSR count). The second kappa shape index (κ2) is 8.23. The van der Waals surface area contributed by atoms with Gasteiger partial charge >= 0.3 is 0 Å². The highest BCUT2D eigenvalue weighted by Crippen LogP contribution is 2.26. The molecule has 0 radical (unpaired) electrons. The largest absolute Gasteiger partial charge is 0.457 e. The Hall–Kier alpha value is -4.27. The maximum absolute atomic E-state index is 12.6. The molecule has 2 aromatic heterocycles. The number of amides is 1. The molecule has 31 heavy (non-hydrogen) atoms. The van der Waals surface area contributed by atoms with Crippen LogP contribution in [0.5, 0.6) is 11.5 Å². The van der Waals surface area contributed by atoms with Crippen molar-refractivity contribution in [2.45, 2.75) is 0 Å². The fourth-order valence-corrected chi connectivity index (χ4v) is 3.27. The third-order valence-electron chi connectivity index (χ3n) is 4.97. The Morgan fingerprint density at radius 2 is 1.68 bits per heavy atom. The van der Waals surface area contributed by atoms with Gasteiger partial charge < -0.3 is 15.0 Å². The molecular weight excluding hydrogens is 394 g/mol. The van der Waals surface area contributed by atoms with E-state index >= 15 is 0 Å². The SMILES string of the molecule is O=C(Nc1ccc(Oc2ccccc2)cc1)C1CN(c2cc(-n3cncn3)ncn2)C1. The molecule has 1 N–H and O–H groups in total. The highest BCUT2D eigenvalue weighted by Gasteiger charge is 2.33. The van der Waals surface area contributed by atoms with Crippen LogP contribution in [0.4, 0.5) is 11.5 Å². The number of ether oxygens (including phenoxy) is 1. The molecule has 1 fully saturated rings. The number of nitrogens with one attached hydrogen (secondary N) is 1. The van der Waals surface area contributed by atoms with Gasteiger partial charge in [-0.1, -0.05) is 18.2 Å². The summed E-state index contributed by atoms with van der Waals surface area (Å²) in [6, 6.07) is 18.7. The van der Waals surface area contributed by atoms with Crippen LogP contribution < -0.4 is 15.0 Å². The first kappa shape index (κ1) is 18.7. The van der Waals surface area contributed by atoms with E-state index in [9.17, 15) is 4.79 Å². The lowest BCUT2D eigenvalue weighted by Crippen LogP contribution is -2.52. The number of nitrogens with zero attached hydrogens (tertiary/aromatic N) is 6. The zero-order valence-corrected chi connectivity index (χ0v) is 16.5. The van der Waals surface area contributed by atoms with E-state index in [4.69, 9.17) is 4.74 Å². The molecule has 0 atom stereocenters. The zero-order chi connectivity index (χ0) is 21.0. The van der Waals surface area contributed by atoms with E-state index in [0.717, 1.165) is 17.3 Å². The van der Waals surface area contributed by atoms with E-state index in [1.165, 1.54) is 12.7 Å². The molecule has 0 aliphatic carbocycles. The van der Waals surface area contributed by atoms with E-state index in [1.807, 2.05) is 65.6 Å². The van der Waals surface area contributed by atoms with Crippen LogP contribution in [0.2, 0.25) is 0 Å². The monoisotopic (exact) mass is 413 g/mol. The van der Waals surface area contributed by atoms with Gasteiger partial charge in [-0.2, -0.15) is 5.10 Å². The standard InChI is InChI=1S/C22H19N7O2/c30-22(27-17-6-8-19(9-7-17)31-18-4-2-1-3-5-18)16-11-28(12-16)20-10-21(25-14-24-20)29-15-23-13-26-29/h1-10,13-16H,11-12H2,(H,27,30). The van der Waals surface area contributed by atoms with Crippen LogP contribution in [0, 0.1) is 5.92 Å². The molecule has 0 unspecified atom stereocenters. The van der Waals surface area contributed by atoms with Crippen molar-refractivity contribution >= 4 is 17.4 Å². The average molecular weight is 413 g/mol. The molecule has 9 heteroatoms. The van der Waals surface area contributed by atoms with Crippen LogP contribution >= 0.6 is 0 Å². The summed E-state index contributed by atoms with van der Waals surface area (Å²) in [5.74, 6) is 2.75. The van der Waals surface area contributed by atoms with E-state index in [2.05, 4.69) is 25.4 Å². The molecule has 0 spiro atoms. The lowest BCUT2D eigenvalue weighted by molar-refractivity contribution is -0.120. The maximum Gasteiger partial charge on any atom is 0.231 e. The lowest BCUT2D eigenvalue weighted by Gasteiger charge is -2.39.